The third-order valence-corrected chi connectivity index (χ3v) is 9.10. The Kier molecular flexibility index (Phi) is 6.14. The van der Waals surface area contributed by atoms with Gasteiger partial charge < -0.3 is 9.88 Å². The van der Waals surface area contributed by atoms with Crippen LogP contribution in [0.4, 0.5) is 0 Å². The lowest BCUT2D eigenvalue weighted by molar-refractivity contribution is -0.122. The minimum absolute atomic E-state index is 0.0702. The maximum atomic E-state index is 12.6. The lowest BCUT2D eigenvalue weighted by Gasteiger charge is -2.28. The van der Waals surface area contributed by atoms with Gasteiger partial charge in [-0.15, -0.1) is 0 Å². The van der Waals surface area contributed by atoms with Gasteiger partial charge in [0.15, 0.2) is 0 Å². The zero-order chi connectivity index (χ0) is 22.3. The highest BCUT2D eigenvalue weighted by molar-refractivity contribution is 7.89. The summed E-state index contributed by atoms with van der Waals surface area (Å²) < 4.78 is 28.2. The van der Waals surface area contributed by atoms with Gasteiger partial charge in [-0.1, -0.05) is 6.42 Å². The molecule has 8 heteroatoms. The first-order valence-electron chi connectivity index (χ1n) is 11.4. The van der Waals surface area contributed by atoms with Gasteiger partial charge in [-0.3, -0.25) is 4.79 Å². The van der Waals surface area contributed by atoms with Crippen LogP contribution < -0.4 is 5.32 Å². The smallest absolute Gasteiger partial charge is 0.242 e. The molecule has 0 aliphatic heterocycles. The van der Waals surface area contributed by atoms with E-state index in [-0.39, 0.29) is 16.8 Å². The summed E-state index contributed by atoms with van der Waals surface area (Å²) in [4.78, 5) is 17.5. The molecule has 2 aromatic rings. The van der Waals surface area contributed by atoms with E-state index in [1.165, 1.54) is 44.1 Å². The van der Waals surface area contributed by atoms with E-state index in [1.807, 2.05) is 13.0 Å². The van der Waals surface area contributed by atoms with Crippen LogP contribution >= 0.6 is 0 Å². The number of sulfonamides is 1. The van der Waals surface area contributed by atoms with E-state index in [0.29, 0.717) is 24.3 Å². The van der Waals surface area contributed by atoms with Gasteiger partial charge in [0.1, 0.15) is 5.82 Å². The average Bonchev–Trinajstić information content (AvgIpc) is 3.45. The summed E-state index contributed by atoms with van der Waals surface area (Å²) in [6.45, 7) is 4.90. The largest absolute Gasteiger partial charge is 0.353 e. The minimum atomic E-state index is -3.51. The number of nitrogens with one attached hydrogen (secondary N) is 1. The van der Waals surface area contributed by atoms with Gasteiger partial charge in [0.05, 0.1) is 15.9 Å². The second-order valence-electron chi connectivity index (χ2n) is 9.41. The number of fused-ring (bicyclic) bond motifs is 3. The summed E-state index contributed by atoms with van der Waals surface area (Å²) in [7, 11) is -0.470. The van der Waals surface area contributed by atoms with Gasteiger partial charge in [-0.05, 0) is 69.1 Å². The van der Waals surface area contributed by atoms with Crippen LogP contribution in [0.5, 0.6) is 0 Å². The lowest BCUT2D eigenvalue weighted by Crippen LogP contribution is -2.40. The van der Waals surface area contributed by atoms with E-state index in [9.17, 15) is 13.2 Å². The molecule has 2 aliphatic carbocycles. The molecule has 1 N–H and O–H groups in total. The maximum absolute atomic E-state index is 12.6. The number of amides is 1. The molecule has 31 heavy (non-hydrogen) atoms. The molecule has 0 radical (unpaired) electrons. The van der Waals surface area contributed by atoms with Gasteiger partial charge in [-0.25, -0.2) is 17.7 Å². The third kappa shape index (κ3) is 4.24. The Morgan fingerprint density at radius 3 is 2.68 bits per heavy atom. The lowest BCUT2D eigenvalue weighted by atomic mass is 9.84. The molecule has 0 spiro atoms. The van der Waals surface area contributed by atoms with Crippen molar-refractivity contribution in [3.8, 4) is 0 Å². The van der Waals surface area contributed by atoms with Crippen molar-refractivity contribution >= 4 is 27.0 Å². The van der Waals surface area contributed by atoms with Gasteiger partial charge in [0.2, 0.25) is 15.9 Å². The van der Waals surface area contributed by atoms with Crippen LogP contribution in [-0.2, 0) is 27.8 Å². The molecule has 1 aromatic carbocycles. The molecule has 7 nitrogen and oxygen atoms in total. The molecular weight excluding hydrogens is 412 g/mol. The number of carbonyl (C=O) groups is 1. The van der Waals surface area contributed by atoms with E-state index >= 15 is 0 Å². The molecule has 4 rings (SSSR count). The summed E-state index contributed by atoms with van der Waals surface area (Å²) in [5.41, 5.74) is 1.54. The first-order chi connectivity index (χ1) is 14.7. The van der Waals surface area contributed by atoms with Crippen molar-refractivity contribution in [3.05, 3.63) is 24.0 Å². The standard InChI is InChI=1S/C23H34N4O3S/c1-5-27-21-9-8-18(31(29,30)26(3)4)14-20(21)25-22(27)10-11-23(28)24-15(2)19-13-16-6-7-17(19)12-16/h8-9,14-17,19H,5-7,10-13H2,1-4H3,(H,24,28)/t15-,16-,17-,19-/m0/s1. The zero-order valence-corrected chi connectivity index (χ0v) is 19.8. The van der Waals surface area contributed by atoms with Crippen LogP contribution in [0.25, 0.3) is 11.0 Å². The average molecular weight is 447 g/mol. The molecular formula is C23H34N4O3S. The van der Waals surface area contributed by atoms with Crippen molar-refractivity contribution in [1.29, 1.82) is 0 Å². The molecule has 1 amide bonds. The van der Waals surface area contributed by atoms with Crippen molar-refractivity contribution in [1.82, 2.24) is 19.2 Å². The van der Waals surface area contributed by atoms with Crippen molar-refractivity contribution in [2.75, 3.05) is 14.1 Å². The molecule has 2 aliphatic rings. The van der Waals surface area contributed by atoms with Crippen molar-refractivity contribution < 1.29 is 13.2 Å². The monoisotopic (exact) mass is 446 g/mol. The highest BCUT2D eigenvalue weighted by Crippen LogP contribution is 2.49. The van der Waals surface area contributed by atoms with E-state index < -0.39 is 10.0 Å². The number of hydrogen-bond donors (Lipinski definition) is 1. The summed E-state index contributed by atoms with van der Waals surface area (Å²) in [5.74, 6) is 3.18. The third-order valence-electron chi connectivity index (χ3n) is 7.29. The minimum Gasteiger partial charge on any atom is -0.353 e. The van der Waals surface area contributed by atoms with Gasteiger partial charge in [-0.2, -0.15) is 0 Å². The number of carbonyl (C=O) groups excluding carboxylic acids is 1. The summed E-state index contributed by atoms with van der Waals surface area (Å²) >= 11 is 0. The van der Waals surface area contributed by atoms with Crippen molar-refractivity contribution in [2.45, 2.75) is 69.9 Å². The maximum Gasteiger partial charge on any atom is 0.242 e. The van der Waals surface area contributed by atoms with Crippen molar-refractivity contribution in [3.63, 3.8) is 0 Å². The quantitative estimate of drug-likeness (QED) is 0.675. The molecule has 2 bridgehead atoms. The molecule has 1 heterocycles. The fourth-order valence-electron chi connectivity index (χ4n) is 5.64. The van der Waals surface area contributed by atoms with Gasteiger partial charge >= 0.3 is 0 Å². The Hall–Kier alpha value is -1.93. The van der Waals surface area contributed by atoms with Crippen LogP contribution in [0.1, 0.15) is 51.8 Å². The van der Waals surface area contributed by atoms with Crippen LogP contribution in [0.15, 0.2) is 23.1 Å². The fourth-order valence-corrected chi connectivity index (χ4v) is 6.56. The molecule has 1 aromatic heterocycles. The number of nitrogens with zero attached hydrogens (tertiary/aromatic N) is 3. The van der Waals surface area contributed by atoms with Gasteiger partial charge in [0.25, 0.3) is 0 Å². The van der Waals surface area contributed by atoms with E-state index in [1.54, 1.807) is 12.1 Å². The molecule has 0 saturated heterocycles. The Morgan fingerprint density at radius 2 is 2.06 bits per heavy atom. The topological polar surface area (TPSA) is 84.3 Å². The normalized spacial score (nSPS) is 24.2. The van der Waals surface area contributed by atoms with Crippen LogP contribution in [0.3, 0.4) is 0 Å². The number of rotatable bonds is 8. The zero-order valence-electron chi connectivity index (χ0n) is 19.0. The first-order valence-corrected chi connectivity index (χ1v) is 12.9. The predicted octanol–water partition coefficient (Wildman–Crippen LogP) is 3.18. The second-order valence-corrected chi connectivity index (χ2v) is 11.6. The number of imidazole rings is 1. The SMILES string of the molecule is CCn1c(CCC(=O)N[C@@H](C)[C@@H]2C[C@H]3CC[C@H]2C3)nc2cc(S(=O)(=O)N(C)C)ccc21. The van der Waals surface area contributed by atoms with Gasteiger partial charge in [0, 0.05) is 39.5 Å². The number of aryl methyl sites for hydroxylation is 2. The van der Waals surface area contributed by atoms with Crippen LogP contribution in [0.2, 0.25) is 0 Å². The second kappa shape index (κ2) is 8.54. The first kappa shape index (κ1) is 22.3. The summed E-state index contributed by atoms with van der Waals surface area (Å²) in [6.07, 6.45) is 6.21. The molecule has 0 unspecified atom stereocenters. The highest BCUT2D eigenvalue weighted by Gasteiger charge is 2.42. The number of benzene rings is 1. The molecule has 170 valence electrons. The predicted molar refractivity (Wildman–Crippen MR) is 121 cm³/mol. The molecule has 2 fully saturated rings. The number of hydrogen-bond acceptors (Lipinski definition) is 4. The Balaban J connectivity index is 1.44. The Bertz CT molecular complexity index is 1080. The fraction of sp³-hybridized carbons (Fsp3) is 0.652. The van der Waals surface area contributed by atoms with E-state index in [4.69, 9.17) is 0 Å². The van der Waals surface area contributed by atoms with E-state index in [0.717, 1.165) is 29.7 Å². The van der Waals surface area contributed by atoms with Crippen molar-refractivity contribution in [2.24, 2.45) is 17.8 Å². The summed E-state index contributed by atoms with van der Waals surface area (Å²) in [6, 6.07) is 5.28. The molecule has 2 saturated carbocycles. The molecule has 4 atom stereocenters. The Labute approximate surface area is 185 Å². The van der Waals surface area contributed by atoms with E-state index in [2.05, 4.69) is 21.8 Å². The summed E-state index contributed by atoms with van der Waals surface area (Å²) in [5, 5.41) is 3.23. The van der Waals surface area contributed by atoms with Crippen LogP contribution in [0, 0.1) is 17.8 Å². The van der Waals surface area contributed by atoms with Crippen LogP contribution in [-0.4, -0.2) is 48.3 Å². The number of aromatic nitrogens is 2. The highest BCUT2D eigenvalue weighted by atomic mass is 32.2. The Morgan fingerprint density at radius 1 is 1.29 bits per heavy atom.